The molecule has 9 heteroatoms. The Hall–Kier alpha value is -2.45. The number of nitro groups is 1. The van der Waals surface area contributed by atoms with Gasteiger partial charge in [0.1, 0.15) is 6.20 Å². The molecular formula is C20H27ClN6O2. The Kier molecular flexibility index (Phi) is 7.60. The molecule has 0 unspecified atom stereocenters. The molecular weight excluding hydrogens is 392 g/mol. The van der Waals surface area contributed by atoms with Crippen LogP contribution in [0.4, 0.5) is 17.5 Å². The summed E-state index contributed by atoms with van der Waals surface area (Å²) in [5.74, 6) is 1.71. The molecule has 0 radical (unpaired) electrons. The fourth-order valence-electron chi connectivity index (χ4n) is 3.65. The lowest BCUT2D eigenvalue weighted by molar-refractivity contribution is -0.384. The van der Waals surface area contributed by atoms with E-state index < -0.39 is 4.92 Å². The summed E-state index contributed by atoms with van der Waals surface area (Å²) in [7, 11) is 0. The number of nitrogens with one attached hydrogen (secondary N) is 2. The zero-order chi connectivity index (χ0) is 20.6. The van der Waals surface area contributed by atoms with Gasteiger partial charge in [0.2, 0.25) is 11.8 Å². The van der Waals surface area contributed by atoms with E-state index in [9.17, 15) is 10.1 Å². The predicted octanol–water partition coefficient (Wildman–Crippen LogP) is 3.87. The van der Waals surface area contributed by atoms with Crippen molar-refractivity contribution in [2.24, 2.45) is 17.6 Å². The van der Waals surface area contributed by atoms with Gasteiger partial charge < -0.3 is 16.4 Å². The summed E-state index contributed by atoms with van der Waals surface area (Å²) in [5, 5.41) is 18.3. The molecule has 0 spiro atoms. The van der Waals surface area contributed by atoms with Crippen molar-refractivity contribution in [3.63, 3.8) is 0 Å². The van der Waals surface area contributed by atoms with Crippen molar-refractivity contribution in [3.8, 4) is 0 Å². The smallest absolute Gasteiger partial charge is 0.329 e. The molecule has 1 fully saturated rings. The third kappa shape index (κ3) is 6.27. The topological polar surface area (TPSA) is 119 Å². The fourth-order valence-corrected chi connectivity index (χ4v) is 3.86. The highest BCUT2D eigenvalue weighted by atomic mass is 35.5. The predicted molar refractivity (Wildman–Crippen MR) is 115 cm³/mol. The highest BCUT2D eigenvalue weighted by Crippen LogP contribution is 2.29. The van der Waals surface area contributed by atoms with Gasteiger partial charge in [-0.15, -0.1) is 0 Å². The molecule has 0 atom stereocenters. The maximum absolute atomic E-state index is 11.3. The first kappa shape index (κ1) is 21.3. The summed E-state index contributed by atoms with van der Waals surface area (Å²) in [5.41, 5.74) is 6.73. The first-order chi connectivity index (χ1) is 14.0. The maximum Gasteiger partial charge on any atom is 0.329 e. The molecule has 1 saturated carbocycles. The van der Waals surface area contributed by atoms with Gasteiger partial charge in [0, 0.05) is 18.1 Å². The van der Waals surface area contributed by atoms with Crippen LogP contribution in [0.25, 0.3) is 0 Å². The van der Waals surface area contributed by atoms with Gasteiger partial charge in [-0.3, -0.25) is 10.1 Å². The van der Waals surface area contributed by atoms with Gasteiger partial charge in [-0.25, -0.2) is 4.98 Å². The first-order valence-electron chi connectivity index (χ1n) is 9.99. The number of benzene rings is 1. The quantitative estimate of drug-likeness (QED) is 0.417. The van der Waals surface area contributed by atoms with Crippen molar-refractivity contribution in [1.82, 2.24) is 9.97 Å². The van der Waals surface area contributed by atoms with Crippen LogP contribution in [0.3, 0.4) is 0 Å². The van der Waals surface area contributed by atoms with Crippen molar-refractivity contribution in [2.75, 3.05) is 30.3 Å². The molecule has 1 aliphatic carbocycles. The molecule has 1 aliphatic rings. The molecule has 1 aromatic carbocycles. The molecule has 2 aromatic rings. The van der Waals surface area contributed by atoms with Crippen LogP contribution in [0, 0.1) is 22.0 Å². The van der Waals surface area contributed by atoms with Gasteiger partial charge in [-0.1, -0.05) is 23.7 Å². The van der Waals surface area contributed by atoms with E-state index in [1.165, 1.54) is 6.20 Å². The van der Waals surface area contributed by atoms with Gasteiger partial charge in [-0.2, -0.15) is 4.98 Å². The number of rotatable bonds is 9. The van der Waals surface area contributed by atoms with Crippen LogP contribution in [-0.4, -0.2) is 34.5 Å². The van der Waals surface area contributed by atoms with Crippen LogP contribution in [0.5, 0.6) is 0 Å². The zero-order valence-electron chi connectivity index (χ0n) is 16.3. The number of hydrogen-bond donors (Lipinski definition) is 3. The molecule has 3 rings (SSSR count). The Balaban J connectivity index is 1.57. The summed E-state index contributed by atoms with van der Waals surface area (Å²) in [4.78, 5) is 19.3. The number of aromatic nitrogens is 2. The van der Waals surface area contributed by atoms with Crippen molar-refractivity contribution >= 4 is 29.1 Å². The van der Waals surface area contributed by atoms with E-state index in [0.29, 0.717) is 35.9 Å². The normalized spacial score (nSPS) is 19.0. The van der Waals surface area contributed by atoms with Crippen LogP contribution in [-0.2, 0) is 6.42 Å². The lowest BCUT2D eigenvalue weighted by Crippen LogP contribution is -2.25. The van der Waals surface area contributed by atoms with Gasteiger partial charge >= 0.3 is 5.69 Å². The van der Waals surface area contributed by atoms with E-state index in [2.05, 4.69) is 20.6 Å². The van der Waals surface area contributed by atoms with E-state index in [1.54, 1.807) is 0 Å². The molecule has 8 nitrogen and oxygen atoms in total. The Labute approximate surface area is 175 Å². The second-order valence-corrected chi connectivity index (χ2v) is 7.93. The van der Waals surface area contributed by atoms with Gasteiger partial charge in [0.15, 0.2) is 0 Å². The Morgan fingerprint density at radius 1 is 1.21 bits per heavy atom. The van der Waals surface area contributed by atoms with Crippen LogP contribution in [0.2, 0.25) is 5.02 Å². The average Bonchev–Trinajstić information content (AvgIpc) is 2.72. The molecule has 0 aliphatic heterocycles. The van der Waals surface area contributed by atoms with Gasteiger partial charge in [0.25, 0.3) is 0 Å². The standard InChI is InChI=1S/C20H27ClN6O2/c21-17-3-1-2-14(10-17)8-9-23-20-25-13-18(27(28)29)19(26-20)24-12-16-6-4-15(11-22)5-7-16/h1-3,10,13,15-16H,4-9,11-12,22H2,(H2,23,24,25,26). The van der Waals surface area contributed by atoms with Crippen molar-refractivity contribution in [3.05, 3.63) is 51.2 Å². The average molecular weight is 419 g/mol. The zero-order valence-corrected chi connectivity index (χ0v) is 17.1. The highest BCUT2D eigenvalue weighted by molar-refractivity contribution is 6.30. The lowest BCUT2D eigenvalue weighted by Gasteiger charge is -2.27. The largest absolute Gasteiger partial charge is 0.364 e. The molecule has 156 valence electrons. The van der Waals surface area contributed by atoms with Crippen LogP contribution >= 0.6 is 11.6 Å². The molecule has 1 heterocycles. The van der Waals surface area contributed by atoms with E-state index in [0.717, 1.165) is 44.2 Å². The Bertz CT molecular complexity index is 826. The monoisotopic (exact) mass is 418 g/mol. The van der Waals surface area contributed by atoms with Crippen molar-refractivity contribution in [1.29, 1.82) is 0 Å². The summed E-state index contributed by atoms with van der Waals surface area (Å²) >= 11 is 6.00. The first-order valence-corrected chi connectivity index (χ1v) is 10.4. The molecule has 4 N–H and O–H groups in total. The third-order valence-corrected chi connectivity index (χ3v) is 5.64. The number of nitrogens with two attached hydrogens (primary N) is 1. The molecule has 1 aromatic heterocycles. The van der Waals surface area contributed by atoms with E-state index in [-0.39, 0.29) is 11.5 Å². The van der Waals surface area contributed by atoms with Crippen molar-refractivity contribution < 1.29 is 4.92 Å². The van der Waals surface area contributed by atoms with Crippen molar-refractivity contribution in [2.45, 2.75) is 32.1 Å². The summed E-state index contributed by atoms with van der Waals surface area (Å²) in [6.45, 7) is 2.00. The summed E-state index contributed by atoms with van der Waals surface area (Å²) in [6.07, 6.45) is 6.39. The highest BCUT2D eigenvalue weighted by Gasteiger charge is 2.22. The number of hydrogen-bond acceptors (Lipinski definition) is 7. The SMILES string of the molecule is NCC1CCC(CNc2nc(NCCc3cccc(Cl)c3)ncc2[N+](=O)[O-])CC1. The lowest BCUT2D eigenvalue weighted by atomic mass is 9.82. The maximum atomic E-state index is 11.3. The Morgan fingerprint density at radius 3 is 2.66 bits per heavy atom. The molecule has 0 amide bonds. The minimum Gasteiger partial charge on any atom is -0.364 e. The van der Waals surface area contributed by atoms with Crippen LogP contribution in [0.15, 0.2) is 30.5 Å². The third-order valence-electron chi connectivity index (χ3n) is 5.41. The summed E-state index contributed by atoms with van der Waals surface area (Å²) < 4.78 is 0. The number of halogens is 1. The number of anilines is 2. The van der Waals surface area contributed by atoms with Gasteiger partial charge in [0.05, 0.1) is 4.92 Å². The second-order valence-electron chi connectivity index (χ2n) is 7.49. The van der Waals surface area contributed by atoms with Crippen LogP contribution in [0.1, 0.15) is 31.2 Å². The molecule has 0 bridgehead atoms. The Morgan fingerprint density at radius 2 is 1.97 bits per heavy atom. The minimum absolute atomic E-state index is 0.110. The molecule has 0 saturated heterocycles. The minimum atomic E-state index is -0.455. The second kappa shape index (κ2) is 10.4. The fraction of sp³-hybridized carbons (Fsp3) is 0.500. The van der Waals surface area contributed by atoms with E-state index in [1.807, 2.05) is 24.3 Å². The van der Waals surface area contributed by atoms with E-state index >= 15 is 0 Å². The van der Waals surface area contributed by atoms with E-state index in [4.69, 9.17) is 17.3 Å². The summed E-state index contributed by atoms with van der Waals surface area (Å²) in [6, 6.07) is 7.64. The molecule has 29 heavy (non-hydrogen) atoms. The van der Waals surface area contributed by atoms with Crippen LogP contribution < -0.4 is 16.4 Å². The van der Waals surface area contributed by atoms with Gasteiger partial charge in [-0.05, 0) is 68.2 Å². The number of nitrogens with zero attached hydrogens (tertiary/aromatic N) is 3.